The van der Waals surface area contributed by atoms with Crippen molar-refractivity contribution in [1.82, 2.24) is 9.55 Å². The molecule has 0 fully saturated rings. The van der Waals surface area contributed by atoms with Crippen molar-refractivity contribution in [3.05, 3.63) is 48.0 Å². The van der Waals surface area contributed by atoms with E-state index in [0.29, 0.717) is 23.5 Å². The van der Waals surface area contributed by atoms with Gasteiger partial charge in [0.05, 0.1) is 18.5 Å². The van der Waals surface area contributed by atoms with Gasteiger partial charge in [0.2, 0.25) is 0 Å². The lowest BCUT2D eigenvalue weighted by Gasteiger charge is -2.08. The maximum absolute atomic E-state index is 10.9. The summed E-state index contributed by atoms with van der Waals surface area (Å²) < 4.78 is 7.58. The molecule has 0 spiro atoms. The average molecular weight is 260 g/mol. The van der Waals surface area contributed by atoms with Crippen LogP contribution < -0.4 is 4.74 Å². The molecule has 1 aromatic heterocycles. The number of imidazole rings is 1. The molecule has 0 aliphatic carbocycles. The second-order valence-corrected chi connectivity index (χ2v) is 4.28. The number of carboxylic acid groups (broad SMARTS) is 1. The first-order chi connectivity index (χ1) is 9.16. The SMILES string of the molecule is Cc1cc(OCCCn2ccnc2)ccc1C(=O)O. The van der Waals surface area contributed by atoms with E-state index in [-0.39, 0.29) is 0 Å². The molecule has 0 amide bonds. The maximum atomic E-state index is 10.9. The predicted octanol–water partition coefficient (Wildman–Crippen LogP) is 2.36. The van der Waals surface area contributed by atoms with Gasteiger partial charge < -0.3 is 14.4 Å². The monoisotopic (exact) mass is 260 g/mol. The Labute approximate surface area is 111 Å². The lowest BCUT2D eigenvalue weighted by Crippen LogP contribution is -2.04. The molecule has 1 N–H and O–H groups in total. The molecule has 100 valence electrons. The highest BCUT2D eigenvalue weighted by Gasteiger charge is 2.07. The van der Waals surface area contributed by atoms with E-state index in [1.165, 1.54) is 0 Å². The fourth-order valence-electron chi connectivity index (χ4n) is 1.82. The summed E-state index contributed by atoms with van der Waals surface area (Å²) in [6.07, 6.45) is 6.29. The molecule has 5 nitrogen and oxygen atoms in total. The van der Waals surface area contributed by atoms with Crippen LogP contribution in [0.3, 0.4) is 0 Å². The van der Waals surface area contributed by atoms with Crippen molar-refractivity contribution in [2.24, 2.45) is 0 Å². The highest BCUT2D eigenvalue weighted by atomic mass is 16.5. The second kappa shape index (κ2) is 6.04. The molecule has 0 bridgehead atoms. The van der Waals surface area contributed by atoms with E-state index in [2.05, 4.69) is 4.98 Å². The Bertz CT molecular complexity index is 550. The summed E-state index contributed by atoms with van der Waals surface area (Å²) in [6.45, 7) is 3.21. The van der Waals surface area contributed by atoms with Gasteiger partial charge in [-0.15, -0.1) is 0 Å². The lowest BCUT2D eigenvalue weighted by molar-refractivity contribution is 0.0696. The number of carboxylic acids is 1. The van der Waals surface area contributed by atoms with Crippen LogP contribution in [0.25, 0.3) is 0 Å². The predicted molar refractivity (Wildman–Crippen MR) is 70.5 cm³/mol. The third-order valence-electron chi connectivity index (χ3n) is 2.82. The molecule has 0 unspecified atom stereocenters. The fraction of sp³-hybridized carbons (Fsp3) is 0.286. The van der Waals surface area contributed by atoms with Crippen molar-refractivity contribution < 1.29 is 14.6 Å². The van der Waals surface area contributed by atoms with Gasteiger partial charge in [-0.25, -0.2) is 9.78 Å². The molecular weight excluding hydrogens is 244 g/mol. The van der Waals surface area contributed by atoms with Crippen LogP contribution in [0.2, 0.25) is 0 Å². The van der Waals surface area contributed by atoms with Crippen LogP contribution >= 0.6 is 0 Å². The van der Waals surface area contributed by atoms with E-state index < -0.39 is 5.97 Å². The van der Waals surface area contributed by atoms with E-state index in [9.17, 15) is 4.79 Å². The van der Waals surface area contributed by atoms with Crippen molar-refractivity contribution in [3.63, 3.8) is 0 Å². The van der Waals surface area contributed by atoms with Crippen molar-refractivity contribution in [3.8, 4) is 5.75 Å². The normalized spacial score (nSPS) is 10.4. The van der Waals surface area contributed by atoms with E-state index >= 15 is 0 Å². The number of aromatic nitrogens is 2. The second-order valence-electron chi connectivity index (χ2n) is 4.28. The number of rotatable bonds is 6. The number of hydrogen-bond acceptors (Lipinski definition) is 3. The molecule has 0 radical (unpaired) electrons. The summed E-state index contributed by atoms with van der Waals surface area (Å²) in [5.74, 6) is -0.211. The number of nitrogens with zero attached hydrogens (tertiary/aromatic N) is 2. The number of benzene rings is 1. The molecule has 2 aromatic rings. The molecule has 1 heterocycles. The van der Waals surface area contributed by atoms with Gasteiger partial charge in [-0.3, -0.25) is 0 Å². The quantitative estimate of drug-likeness (QED) is 0.810. The minimum Gasteiger partial charge on any atom is -0.494 e. The summed E-state index contributed by atoms with van der Waals surface area (Å²) in [6, 6.07) is 5.01. The van der Waals surface area contributed by atoms with Crippen LogP contribution in [0.5, 0.6) is 5.75 Å². The van der Waals surface area contributed by atoms with Crippen molar-refractivity contribution in [2.45, 2.75) is 19.9 Å². The standard InChI is InChI=1S/C14H16N2O3/c1-11-9-12(3-4-13(11)14(17)18)19-8-2-6-16-7-5-15-10-16/h3-5,7,9-10H,2,6,8H2,1H3,(H,17,18). The van der Waals surface area contributed by atoms with Crippen molar-refractivity contribution in [2.75, 3.05) is 6.61 Å². The van der Waals surface area contributed by atoms with Gasteiger partial charge in [-0.05, 0) is 37.1 Å². The Hall–Kier alpha value is -2.30. The minimum absolute atomic E-state index is 0.311. The molecule has 0 saturated heterocycles. The van der Waals surface area contributed by atoms with Gasteiger partial charge in [0.15, 0.2) is 0 Å². The largest absolute Gasteiger partial charge is 0.494 e. The third kappa shape index (κ3) is 3.58. The first-order valence-electron chi connectivity index (χ1n) is 6.09. The summed E-state index contributed by atoms with van der Waals surface area (Å²) in [7, 11) is 0. The molecule has 0 aliphatic rings. The number of aromatic carboxylic acids is 1. The molecular formula is C14H16N2O3. The van der Waals surface area contributed by atoms with Crippen LogP contribution in [0.15, 0.2) is 36.9 Å². The van der Waals surface area contributed by atoms with Crippen molar-refractivity contribution in [1.29, 1.82) is 0 Å². The van der Waals surface area contributed by atoms with Gasteiger partial charge in [0, 0.05) is 18.9 Å². The molecule has 19 heavy (non-hydrogen) atoms. The number of carbonyl (C=O) groups is 1. The minimum atomic E-state index is -0.913. The smallest absolute Gasteiger partial charge is 0.335 e. The van der Waals surface area contributed by atoms with E-state index in [0.717, 1.165) is 13.0 Å². The fourth-order valence-corrected chi connectivity index (χ4v) is 1.82. The van der Waals surface area contributed by atoms with E-state index in [1.807, 2.05) is 10.8 Å². The first kappa shape index (κ1) is 13.1. The Morgan fingerprint density at radius 3 is 2.95 bits per heavy atom. The topological polar surface area (TPSA) is 64.4 Å². The molecule has 1 aromatic carbocycles. The molecule has 0 aliphatic heterocycles. The maximum Gasteiger partial charge on any atom is 0.335 e. The zero-order chi connectivity index (χ0) is 13.7. The number of aryl methyl sites for hydroxylation is 2. The Morgan fingerprint density at radius 2 is 2.32 bits per heavy atom. The molecule has 5 heteroatoms. The van der Waals surface area contributed by atoms with E-state index in [1.54, 1.807) is 37.6 Å². The summed E-state index contributed by atoms with van der Waals surface area (Å²) in [5, 5.41) is 8.93. The molecule has 0 atom stereocenters. The highest BCUT2D eigenvalue weighted by Crippen LogP contribution is 2.17. The zero-order valence-electron chi connectivity index (χ0n) is 10.7. The molecule has 0 saturated carbocycles. The average Bonchev–Trinajstić information content (AvgIpc) is 2.87. The van der Waals surface area contributed by atoms with Crippen molar-refractivity contribution >= 4 is 5.97 Å². The summed E-state index contributed by atoms with van der Waals surface area (Å²) in [4.78, 5) is 14.8. The van der Waals surface area contributed by atoms with Crippen LogP contribution in [-0.2, 0) is 6.54 Å². The lowest BCUT2D eigenvalue weighted by atomic mass is 10.1. The van der Waals surface area contributed by atoms with E-state index in [4.69, 9.17) is 9.84 Å². The Balaban J connectivity index is 1.83. The Kier molecular flexibility index (Phi) is 4.18. The number of ether oxygens (including phenoxy) is 1. The number of hydrogen-bond donors (Lipinski definition) is 1. The molecule has 2 rings (SSSR count). The third-order valence-corrected chi connectivity index (χ3v) is 2.82. The van der Waals surface area contributed by atoms with Crippen LogP contribution in [0.4, 0.5) is 0 Å². The summed E-state index contributed by atoms with van der Waals surface area (Å²) in [5.41, 5.74) is 1.02. The highest BCUT2D eigenvalue weighted by molar-refractivity contribution is 5.89. The Morgan fingerprint density at radius 1 is 1.47 bits per heavy atom. The first-order valence-corrected chi connectivity index (χ1v) is 6.09. The van der Waals surface area contributed by atoms with Gasteiger partial charge in [-0.1, -0.05) is 0 Å². The van der Waals surface area contributed by atoms with Gasteiger partial charge in [0.25, 0.3) is 0 Å². The van der Waals surface area contributed by atoms with Crippen LogP contribution in [0, 0.1) is 6.92 Å². The van der Waals surface area contributed by atoms with Gasteiger partial charge in [-0.2, -0.15) is 0 Å². The van der Waals surface area contributed by atoms with Crippen LogP contribution in [0.1, 0.15) is 22.3 Å². The van der Waals surface area contributed by atoms with Gasteiger partial charge >= 0.3 is 5.97 Å². The van der Waals surface area contributed by atoms with Gasteiger partial charge in [0.1, 0.15) is 5.75 Å². The summed E-state index contributed by atoms with van der Waals surface area (Å²) >= 11 is 0. The van der Waals surface area contributed by atoms with Crippen LogP contribution in [-0.4, -0.2) is 27.2 Å². The zero-order valence-corrected chi connectivity index (χ0v) is 10.7.